The van der Waals surface area contributed by atoms with E-state index >= 15 is 0 Å². The highest BCUT2D eigenvalue weighted by atomic mass is 32.2. The molecule has 1 aromatic heterocycles. The van der Waals surface area contributed by atoms with E-state index < -0.39 is 9.84 Å². The van der Waals surface area contributed by atoms with Crippen LogP contribution in [0.5, 0.6) is 0 Å². The highest BCUT2D eigenvalue weighted by Crippen LogP contribution is 2.28. The summed E-state index contributed by atoms with van der Waals surface area (Å²) in [5.41, 5.74) is 1.11. The van der Waals surface area contributed by atoms with E-state index in [1.54, 1.807) is 12.1 Å². The zero-order chi connectivity index (χ0) is 18.7. The highest BCUT2D eigenvalue weighted by Gasteiger charge is 2.29. The second-order valence-electron chi connectivity index (χ2n) is 7.67. The Bertz CT molecular complexity index is 839. The number of hydrogen-bond acceptors (Lipinski definition) is 5. The number of benzene rings is 1. The van der Waals surface area contributed by atoms with Gasteiger partial charge in [-0.2, -0.15) is 0 Å². The lowest BCUT2D eigenvalue weighted by Crippen LogP contribution is -2.51. The quantitative estimate of drug-likeness (QED) is 0.791. The Hall–Kier alpha value is -1.92. The molecule has 144 valence electrons. The fourth-order valence-electron chi connectivity index (χ4n) is 4.07. The maximum Gasteiger partial charge on any atom is 0.206 e. The summed E-state index contributed by atoms with van der Waals surface area (Å²) < 4.78 is 25.3. The van der Waals surface area contributed by atoms with E-state index in [9.17, 15) is 8.42 Å². The first-order chi connectivity index (χ1) is 13.1. The Kier molecular flexibility index (Phi) is 5.45. The van der Waals surface area contributed by atoms with Gasteiger partial charge in [0.15, 0.2) is 0 Å². The summed E-state index contributed by atoms with van der Waals surface area (Å²) in [5, 5.41) is 0. The van der Waals surface area contributed by atoms with Gasteiger partial charge in [0.05, 0.1) is 9.79 Å². The predicted octanol–water partition coefficient (Wildman–Crippen LogP) is 3.23. The summed E-state index contributed by atoms with van der Waals surface area (Å²) in [6.45, 7) is 5.82. The average Bonchev–Trinajstić information content (AvgIpc) is 2.94. The SMILES string of the molecule is O=S(=O)(c1ccncc1)c1ccc(N2CC(CN3CCCCCC3)C2)cc1. The van der Waals surface area contributed by atoms with Crippen molar-refractivity contribution in [1.29, 1.82) is 0 Å². The van der Waals surface area contributed by atoms with Gasteiger partial charge in [-0.05, 0) is 62.3 Å². The van der Waals surface area contributed by atoms with Crippen molar-refractivity contribution < 1.29 is 8.42 Å². The second-order valence-corrected chi connectivity index (χ2v) is 9.62. The predicted molar refractivity (Wildman–Crippen MR) is 107 cm³/mol. The van der Waals surface area contributed by atoms with Gasteiger partial charge in [0.25, 0.3) is 0 Å². The molecule has 27 heavy (non-hydrogen) atoms. The van der Waals surface area contributed by atoms with Crippen LogP contribution in [0.4, 0.5) is 5.69 Å². The molecule has 0 amide bonds. The minimum absolute atomic E-state index is 0.284. The third-order valence-electron chi connectivity index (χ3n) is 5.64. The van der Waals surface area contributed by atoms with Crippen molar-refractivity contribution >= 4 is 15.5 Å². The van der Waals surface area contributed by atoms with Crippen molar-refractivity contribution in [2.24, 2.45) is 5.92 Å². The summed E-state index contributed by atoms with van der Waals surface area (Å²) in [6.07, 6.45) is 8.44. The van der Waals surface area contributed by atoms with Gasteiger partial charge >= 0.3 is 0 Å². The lowest BCUT2D eigenvalue weighted by atomic mass is 9.98. The third-order valence-corrected chi connectivity index (χ3v) is 7.43. The van der Waals surface area contributed by atoms with Gasteiger partial charge in [0.2, 0.25) is 9.84 Å². The van der Waals surface area contributed by atoms with E-state index in [-0.39, 0.29) is 4.90 Å². The number of aromatic nitrogens is 1. The molecule has 3 heterocycles. The average molecular weight is 386 g/mol. The van der Waals surface area contributed by atoms with E-state index in [2.05, 4.69) is 14.8 Å². The van der Waals surface area contributed by atoms with Crippen molar-refractivity contribution in [3.8, 4) is 0 Å². The number of nitrogens with zero attached hydrogens (tertiary/aromatic N) is 3. The summed E-state index contributed by atoms with van der Waals surface area (Å²) in [6, 6.07) is 10.4. The van der Waals surface area contributed by atoms with Crippen LogP contribution in [0.3, 0.4) is 0 Å². The standard InChI is InChI=1S/C21H27N3O2S/c25-27(26,21-9-11-22-12-10-21)20-7-5-19(6-8-20)24-16-18(17-24)15-23-13-3-1-2-4-14-23/h5-12,18H,1-4,13-17H2. The highest BCUT2D eigenvalue weighted by molar-refractivity contribution is 7.91. The number of pyridine rings is 1. The zero-order valence-electron chi connectivity index (χ0n) is 15.6. The molecule has 0 spiro atoms. The van der Waals surface area contributed by atoms with Crippen LogP contribution < -0.4 is 4.90 Å². The van der Waals surface area contributed by atoms with Gasteiger partial charge in [-0.3, -0.25) is 4.98 Å². The molecule has 2 aliphatic heterocycles. The van der Waals surface area contributed by atoms with Crippen LogP contribution in [0.1, 0.15) is 25.7 Å². The molecule has 2 aromatic rings. The van der Waals surface area contributed by atoms with E-state index in [1.165, 1.54) is 69.8 Å². The van der Waals surface area contributed by atoms with Crippen LogP contribution in [0.15, 0.2) is 58.6 Å². The Morgan fingerprint density at radius 3 is 2.07 bits per heavy atom. The number of sulfone groups is 1. The van der Waals surface area contributed by atoms with Gasteiger partial charge in [0, 0.05) is 43.6 Å². The Morgan fingerprint density at radius 2 is 1.44 bits per heavy atom. The Morgan fingerprint density at radius 1 is 0.852 bits per heavy atom. The van der Waals surface area contributed by atoms with Gasteiger partial charge < -0.3 is 9.80 Å². The molecule has 5 nitrogen and oxygen atoms in total. The fourth-order valence-corrected chi connectivity index (χ4v) is 5.32. The normalized spacial score (nSPS) is 19.5. The van der Waals surface area contributed by atoms with E-state index in [4.69, 9.17) is 0 Å². The molecule has 4 rings (SSSR count). The van der Waals surface area contributed by atoms with Gasteiger partial charge in [-0.25, -0.2) is 8.42 Å². The number of anilines is 1. The van der Waals surface area contributed by atoms with Crippen molar-refractivity contribution in [1.82, 2.24) is 9.88 Å². The number of likely N-dealkylation sites (tertiary alicyclic amines) is 1. The van der Waals surface area contributed by atoms with Crippen LogP contribution in [0.2, 0.25) is 0 Å². The molecule has 0 saturated carbocycles. The Labute approximate surface area is 161 Å². The maximum atomic E-state index is 12.7. The first kappa shape index (κ1) is 18.4. The molecule has 1 aromatic carbocycles. The topological polar surface area (TPSA) is 53.5 Å². The second kappa shape index (κ2) is 7.98. The molecule has 0 atom stereocenters. The molecule has 2 saturated heterocycles. The van der Waals surface area contributed by atoms with E-state index in [1.807, 2.05) is 12.1 Å². The first-order valence-corrected chi connectivity index (χ1v) is 11.3. The summed E-state index contributed by atoms with van der Waals surface area (Å²) in [5.74, 6) is 0.725. The van der Waals surface area contributed by atoms with Crippen molar-refractivity contribution in [3.63, 3.8) is 0 Å². The molecular weight excluding hydrogens is 358 g/mol. The van der Waals surface area contributed by atoms with Crippen molar-refractivity contribution in [3.05, 3.63) is 48.8 Å². The lowest BCUT2D eigenvalue weighted by molar-refractivity contribution is 0.216. The lowest BCUT2D eigenvalue weighted by Gasteiger charge is -2.43. The summed E-state index contributed by atoms with van der Waals surface area (Å²) in [7, 11) is -3.47. The largest absolute Gasteiger partial charge is 0.371 e. The molecule has 0 aliphatic carbocycles. The van der Waals surface area contributed by atoms with Gasteiger partial charge in [-0.1, -0.05) is 12.8 Å². The fraction of sp³-hybridized carbons (Fsp3) is 0.476. The van der Waals surface area contributed by atoms with Gasteiger partial charge in [0.1, 0.15) is 0 Å². The van der Waals surface area contributed by atoms with E-state index in [0.717, 1.165) is 24.7 Å². The third kappa shape index (κ3) is 4.17. The molecule has 2 fully saturated rings. The van der Waals surface area contributed by atoms with Crippen LogP contribution in [-0.4, -0.2) is 51.0 Å². The molecule has 0 unspecified atom stereocenters. The van der Waals surface area contributed by atoms with Crippen LogP contribution in [-0.2, 0) is 9.84 Å². The van der Waals surface area contributed by atoms with E-state index in [0.29, 0.717) is 4.90 Å². The molecule has 0 bridgehead atoms. The summed E-state index contributed by atoms with van der Waals surface area (Å²) in [4.78, 5) is 9.47. The van der Waals surface area contributed by atoms with Crippen LogP contribution in [0, 0.1) is 5.92 Å². The number of hydrogen-bond donors (Lipinski definition) is 0. The van der Waals surface area contributed by atoms with Crippen molar-refractivity contribution in [2.75, 3.05) is 37.6 Å². The molecular formula is C21H27N3O2S. The Balaban J connectivity index is 1.35. The van der Waals surface area contributed by atoms with Crippen molar-refractivity contribution in [2.45, 2.75) is 35.5 Å². The maximum absolute atomic E-state index is 12.7. The minimum Gasteiger partial charge on any atom is -0.371 e. The number of rotatable bonds is 5. The minimum atomic E-state index is -3.47. The zero-order valence-corrected chi connectivity index (χ0v) is 16.4. The van der Waals surface area contributed by atoms with Crippen LogP contribution in [0.25, 0.3) is 0 Å². The molecule has 6 heteroatoms. The van der Waals surface area contributed by atoms with Crippen LogP contribution >= 0.6 is 0 Å². The molecule has 0 radical (unpaired) electrons. The smallest absolute Gasteiger partial charge is 0.206 e. The molecule has 2 aliphatic rings. The monoisotopic (exact) mass is 385 g/mol. The first-order valence-electron chi connectivity index (χ1n) is 9.85. The summed E-state index contributed by atoms with van der Waals surface area (Å²) >= 11 is 0. The van der Waals surface area contributed by atoms with Gasteiger partial charge in [-0.15, -0.1) is 0 Å². The molecule has 0 N–H and O–H groups in total.